The van der Waals surface area contributed by atoms with Gasteiger partial charge in [0.05, 0.1) is 18.6 Å². The average molecular weight is 355 g/mol. The number of carbonyl (C=O) groups excluding carboxylic acids is 2. The van der Waals surface area contributed by atoms with Gasteiger partial charge in [0.15, 0.2) is 5.96 Å². The van der Waals surface area contributed by atoms with Crippen molar-refractivity contribution in [3.63, 3.8) is 0 Å². The maximum absolute atomic E-state index is 12.1. The van der Waals surface area contributed by atoms with Crippen LogP contribution in [0.25, 0.3) is 0 Å². The lowest BCUT2D eigenvalue weighted by atomic mass is 9.92. The van der Waals surface area contributed by atoms with E-state index in [1.165, 1.54) is 0 Å². The highest BCUT2D eigenvalue weighted by Gasteiger charge is 2.28. The van der Waals surface area contributed by atoms with Crippen LogP contribution in [0.2, 0.25) is 0 Å². The zero-order valence-corrected chi connectivity index (χ0v) is 16.2. The van der Waals surface area contributed by atoms with Crippen LogP contribution in [0.3, 0.4) is 0 Å². The van der Waals surface area contributed by atoms with Gasteiger partial charge in [0.2, 0.25) is 5.91 Å². The minimum absolute atomic E-state index is 0.00160. The fourth-order valence-corrected chi connectivity index (χ4v) is 2.49. The van der Waals surface area contributed by atoms with Gasteiger partial charge in [0, 0.05) is 39.3 Å². The first kappa shape index (κ1) is 21.1. The van der Waals surface area contributed by atoms with Crippen molar-refractivity contribution in [3.05, 3.63) is 0 Å². The number of nitrogens with one attached hydrogen (secondary N) is 2. The molecule has 1 aliphatic heterocycles. The van der Waals surface area contributed by atoms with Crippen molar-refractivity contribution < 1.29 is 14.3 Å². The number of hydrogen-bond acceptors (Lipinski definition) is 4. The van der Waals surface area contributed by atoms with Gasteiger partial charge in [-0.1, -0.05) is 0 Å². The van der Waals surface area contributed by atoms with Gasteiger partial charge in [-0.2, -0.15) is 0 Å². The van der Waals surface area contributed by atoms with Crippen molar-refractivity contribution in [1.82, 2.24) is 20.4 Å². The van der Waals surface area contributed by atoms with Crippen molar-refractivity contribution in [1.29, 1.82) is 0 Å². The molecular formula is C17H33N5O3. The SMILES string of the molecule is CCNC(=O)C(C)(C)CN=C(NCC)N1CCN(C(=O)OCC)CC1. The molecule has 0 spiro atoms. The summed E-state index contributed by atoms with van der Waals surface area (Å²) in [7, 11) is 0. The summed E-state index contributed by atoms with van der Waals surface area (Å²) in [6, 6.07) is 0. The molecule has 2 N–H and O–H groups in total. The first-order valence-corrected chi connectivity index (χ1v) is 9.08. The molecule has 2 amide bonds. The molecule has 1 saturated heterocycles. The number of aliphatic imine (C=N–C) groups is 1. The van der Waals surface area contributed by atoms with Gasteiger partial charge in [-0.25, -0.2) is 4.79 Å². The van der Waals surface area contributed by atoms with Gasteiger partial charge in [0.1, 0.15) is 0 Å². The lowest BCUT2D eigenvalue weighted by Gasteiger charge is -2.36. The van der Waals surface area contributed by atoms with Gasteiger partial charge in [0.25, 0.3) is 0 Å². The van der Waals surface area contributed by atoms with Crippen LogP contribution in [-0.2, 0) is 9.53 Å². The van der Waals surface area contributed by atoms with Gasteiger partial charge >= 0.3 is 6.09 Å². The summed E-state index contributed by atoms with van der Waals surface area (Å²) >= 11 is 0. The molecule has 0 saturated carbocycles. The topological polar surface area (TPSA) is 86.3 Å². The molecule has 0 radical (unpaired) electrons. The summed E-state index contributed by atoms with van der Waals surface area (Å²) in [5, 5.41) is 6.13. The Balaban J connectivity index is 2.68. The summed E-state index contributed by atoms with van der Waals surface area (Å²) < 4.78 is 5.04. The molecule has 1 heterocycles. The normalized spacial score (nSPS) is 15.8. The first-order chi connectivity index (χ1) is 11.9. The number of carbonyl (C=O) groups is 2. The number of guanidine groups is 1. The summed E-state index contributed by atoms with van der Waals surface area (Å²) in [6.07, 6.45) is -0.263. The zero-order chi connectivity index (χ0) is 18.9. The molecule has 25 heavy (non-hydrogen) atoms. The van der Waals surface area contributed by atoms with Crippen LogP contribution in [0, 0.1) is 5.41 Å². The highest BCUT2D eigenvalue weighted by atomic mass is 16.6. The monoisotopic (exact) mass is 355 g/mol. The van der Waals surface area contributed by atoms with E-state index in [-0.39, 0.29) is 12.0 Å². The van der Waals surface area contributed by atoms with E-state index in [4.69, 9.17) is 4.74 Å². The summed E-state index contributed by atoms with van der Waals surface area (Å²) in [5.41, 5.74) is -0.566. The van der Waals surface area contributed by atoms with Crippen molar-refractivity contribution in [3.8, 4) is 0 Å². The van der Waals surface area contributed by atoms with E-state index in [9.17, 15) is 9.59 Å². The third kappa shape index (κ3) is 6.43. The maximum Gasteiger partial charge on any atom is 0.409 e. The largest absolute Gasteiger partial charge is 0.450 e. The van der Waals surface area contributed by atoms with Crippen molar-refractivity contribution in [2.45, 2.75) is 34.6 Å². The molecule has 1 fully saturated rings. The van der Waals surface area contributed by atoms with Crippen LogP contribution in [0.1, 0.15) is 34.6 Å². The Labute approximate surface area is 151 Å². The second kappa shape index (κ2) is 10.1. The number of piperazine rings is 1. The third-order valence-electron chi connectivity index (χ3n) is 4.02. The van der Waals surface area contributed by atoms with Crippen molar-refractivity contribution in [2.24, 2.45) is 10.4 Å². The minimum Gasteiger partial charge on any atom is -0.450 e. The number of nitrogens with zero attached hydrogens (tertiary/aromatic N) is 3. The van der Waals surface area contributed by atoms with Gasteiger partial charge in [-0.05, 0) is 34.6 Å². The van der Waals surface area contributed by atoms with Gasteiger partial charge < -0.3 is 25.2 Å². The number of ether oxygens (including phenoxy) is 1. The number of hydrogen-bond donors (Lipinski definition) is 2. The van der Waals surface area contributed by atoms with E-state index in [0.717, 1.165) is 12.5 Å². The van der Waals surface area contributed by atoms with Gasteiger partial charge in [-0.3, -0.25) is 9.79 Å². The number of amides is 2. The van der Waals surface area contributed by atoms with E-state index >= 15 is 0 Å². The second-order valence-corrected chi connectivity index (χ2v) is 6.59. The third-order valence-corrected chi connectivity index (χ3v) is 4.02. The Morgan fingerprint density at radius 1 is 1.00 bits per heavy atom. The van der Waals surface area contributed by atoms with E-state index in [1.54, 1.807) is 11.8 Å². The van der Waals surface area contributed by atoms with Crippen LogP contribution in [0.5, 0.6) is 0 Å². The molecular weight excluding hydrogens is 322 g/mol. The Bertz CT molecular complexity index is 471. The molecule has 8 heteroatoms. The lowest BCUT2D eigenvalue weighted by Crippen LogP contribution is -2.54. The fraction of sp³-hybridized carbons (Fsp3) is 0.824. The molecule has 0 aromatic rings. The first-order valence-electron chi connectivity index (χ1n) is 9.08. The fourth-order valence-electron chi connectivity index (χ4n) is 2.49. The molecule has 144 valence electrons. The van der Waals surface area contributed by atoms with Crippen LogP contribution in [0.15, 0.2) is 4.99 Å². The molecule has 8 nitrogen and oxygen atoms in total. The molecule has 0 atom stereocenters. The predicted molar refractivity (Wildman–Crippen MR) is 98.6 cm³/mol. The maximum atomic E-state index is 12.1. The second-order valence-electron chi connectivity index (χ2n) is 6.59. The summed E-state index contributed by atoms with van der Waals surface area (Å²) in [5.74, 6) is 0.783. The van der Waals surface area contributed by atoms with Crippen LogP contribution in [-0.4, -0.2) is 80.2 Å². The van der Waals surface area contributed by atoms with Crippen molar-refractivity contribution in [2.75, 3.05) is 52.4 Å². The zero-order valence-electron chi connectivity index (χ0n) is 16.2. The van der Waals surface area contributed by atoms with E-state index in [0.29, 0.717) is 45.9 Å². The molecule has 0 aromatic heterocycles. The van der Waals surface area contributed by atoms with Crippen LogP contribution >= 0.6 is 0 Å². The Kier molecular flexibility index (Phi) is 8.51. The Hall–Kier alpha value is -1.99. The lowest BCUT2D eigenvalue weighted by molar-refractivity contribution is -0.128. The highest BCUT2D eigenvalue weighted by Crippen LogP contribution is 2.16. The van der Waals surface area contributed by atoms with Gasteiger partial charge in [-0.15, -0.1) is 0 Å². The van der Waals surface area contributed by atoms with Crippen molar-refractivity contribution >= 4 is 18.0 Å². The molecule has 0 aromatic carbocycles. The van der Waals surface area contributed by atoms with E-state index < -0.39 is 5.41 Å². The molecule has 0 aliphatic carbocycles. The summed E-state index contributed by atoms with van der Waals surface area (Å²) in [4.78, 5) is 32.4. The Morgan fingerprint density at radius 3 is 2.08 bits per heavy atom. The minimum atomic E-state index is -0.566. The van der Waals surface area contributed by atoms with Crippen LogP contribution in [0.4, 0.5) is 4.79 Å². The van der Waals surface area contributed by atoms with E-state index in [2.05, 4.69) is 20.5 Å². The molecule has 0 bridgehead atoms. The quantitative estimate of drug-likeness (QED) is 0.546. The smallest absolute Gasteiger partial charge is 0.409 e. The molecule has 0 unspecified atom stereocenters. The average Bonchev–Trinajstić information content (AvgIpc) is 2.59. The number of rotatable bonds is 6. The Morgan fingerprint density at radius 2 is 1.56 bits per heavy atom. The standard InChI is InChI=1S/C17H33N5O3/c1-6-18-14(23)17(4,5)13-20-15(19-7-2)21-9-11-22(12-10-21)16(24)25-8-3/h6-13H2,1-5H3,(H,18,23)(H,19,20). The predicted octanol–water partition coefficient (Wildman–Crippen LogP) is 0.888. The molecule has 1 rings (SSSR count). The summed E-state index contributed by atoms with van der Waals surface area (Å²) in [6.45, 7) is 14.2. The van der Waals surface area contributed by atoms with Crippen LogP contribution < -0.4 is 10.6 Å². The van der Waals surface area contributed by atoms with E-state index in [1.807, 2.05) is 27.7 Å². The highest BCUT2D eigenvalue weighted by molar-refractivity contribution is 5.84. The molecule has 1 aliphatic rings.